The van der Waals surface area contributed by atoms with Crippen molar-refractivity contribution in [1.82, 2.24) is 0 Å². The molecule has 3 unspecified atom stereocenters. The molecule has 0 saturated heterocycles. The first-order valence-electron chi connectivity index (χ1n) is 8.13. The Labute approximate surface area is 145 Å². The Morgan fingerprint density at radius 1 is 1.24 bits per heavy atom. The Morgan fingerprint density at radius 3 is 2.60 bits per heavy atom. The minimum absolute atomic E-state index is 0.133. The summed E-state index contributed by atoms with van der Waals surface area (Å²) >= 11 is 0. The normalized spacial score (nSPS) is 29.2. The summed E-state index contributed by atoms with van der Waals surface area (Å²) in [6.45, 7) is 2.06. The molecule has 2 aliphatic heterocycles. The summed E-state index contributed by atoms with van der Waals surface area (Å²) in [5, 5.41) is 0. The van der Waals surface area contributed by atoms with E-state index in [1.807, 2.05) is 6.08 Å². The average Bonchev–Trinajstić information content (AvgIpc) is 3.13. The zero-order valence-electron chi connectivity index (χ0n) is 14.4. The van der Waals surface area contributed by atoms with Gasteiger partial charge in [0.1, 0.15) is 11.7 Å². The lowest BCUT2D eigenvalue weighted by atomic mass is 9.70. The maximum absolute atomic E-state index is 12.4. The van der Waals surface area contributed by atoms with Crippen molar-refractivity contribution >= 4 is 17.9 Å². The molecule has 134 valence electrons. The monoisotopic (exact) mass is 348 g/mol. The van der Waals surface area contributed by atoms with Crippen molar-refractivity contribution < 1.29 is 33.3 Å². The molecule has 0 aromatic carbocycles. The highest BCUT2D eigenvalue weighted by molar-refractivity contribution is 6.06. The van der Waals surface area contributed by atoms with Crippen molar-refractivity contribution in [2.75, 3.05) is 20.8 Å². The maximum atomic E-state index is 12.4. The Kier molecular flexibility index (Phi) is 4.51. The van der Waals surface area contributed by atoms with Gasteiger partial charge in [-0.3, -0.25) is 4.79 Å². The summed E-state index contributed by atoms with van der Waals surface area (Å²) in [6, 6.07) is 0. The lowest BCUT2D eigenvalue weighted by Gasteiger charge is -2.35. The molecule has 3 rings (SSSR count). The minimum atomic E-state index is -1.17. The Bertz CT molecular complexity index is 715. The second kappa shape index (κ2) is 6.48. The van der Waals surface area contributed by atoms with Gasteiger partial charge in [0.25, 0.3) is 0 Å². The number of allylic oxidation sites excluding steroid dienone is 1. The average molecular weight is 348 g/mol. The lowest BCUT2D eigenvalue weighted by molar-refractivity contribution is -0.144. The zero-order chi connectivity index (χ0) is 18.2. The van der Waals surface area contributed by atoms with Crippen molar-refractivity contribution in [2.24, 2.45) is 5.92 Å². The molecule has 0 aromatic rings. The largest absolute Gasteiger partial charge is 0.466 e. The van der Waals surface area contributed by atoms with Crippen LogP contribution >= 0.6 is 0 Å². The number of carbonyl (C=O) groups is 3. The molecule has 0 fully saturated rings. The first-order valence-corrected chi connectivity index (χ1v) is 8.13. The van der Waals surface area contributed by atoms with Gasteiger partial charge >= 0.3 is 17.9 Å². The molecular formula is C18H20O7. The van der Waals surface area contributed by atoms with Crippen LogP contribution in [0.3, 0.4) is 0 Å². The van der Waals surface area contributed by atoms with Crippen molar-refractivity contribution in [3.63, 3.8) is 0 Å². The Morgan fingerprint density at radius 2 is 1.96 bits per heavy atom. The fourth-order valence-electron chi connectivity index (χ4n) is 3.77. The molecule has 1 aliphatic carbocycles. The predicted octanol–water partition coefficient (Wildman–Crippen LogP) is 1.24. The van der Waals surface area contributed by atoms with Gasteiger partial charge in [-0.25, -0.2) is 9.59 Å². The first kappa shape index (κ1) is 17.4. The number of fused-ring (bicyclic) bond motifs is 1. The number of methoxy groups -OCH3 is 2. The quantitative estimate of drug-likeness (QED) is 0.419. The van der Waals surface area contributed by atoms with E-state index < -0.39 is 23.6 Å². The molecule has 25 heavy (non-hydrogen) atoms. The summed E-state index contributed by atoms with van der Waals surface area (Å²) in [5.41, 5.74) is -0.0914. The van der Waals surface area contributed by atoms with E-state index >= 15 is 0 Å². The van der Waals surface area contributed by atoms with Crippen molar-refractivity contribution in [3.05, 3.63) is 34.9 Å². The molecule has 0 N–H and O–H groups in total. The molecule has 7 heteroatoms. The van der Waals surface area contributed by atoms with E-state index in [1.165, 1.54) is 14.2 Å². The van der Waals surface area contributed by atoms with Gasteiger partial charge in [-0.15, -0.1) is 0 Å². The summed E-state index contributed by atoms with van der Waals surface area (Å²) in [6.07, 6.45) is 5.53. The van der Waals surface area contributed by atoms with E-state index in [0.717, 1.165) is 5.57 Å². The molecule has 1 spiro atoms. The highest BCUT2D eigenvalue weighted by Gasteiger charge is 2.59. The Balaban J connectivity index is 2.01. The van der Waals surface area contributed by atoms with Crippen LogP contribution in [-0.2, 0) is 33.3 Å². The van der Waals surface area contributed by atoms with Gasteiger partial charge in [-0.2, -0.15) is 0 Å². The van der Waals surface area contributed by atoms with Crippen LogP contribution in [-0.4, -0.2) is 50.4 Å². The Hall–Kier alpha value is -2.41. The number of hydrogen-bond donors (Lipinski definition) is 0. The number of carbonyl (C=O) groups excluding carboxylic acids is 3. The molecule has 0 amide bonds. The van der Waals surface area contributed by atoms with Gasteiger partial charge in [-0.05, 0) is 37.0 Å². The molecule has 3 aliphatic rings. The molecule has 2 heterocycles. The van der Waals surface area contributed by atoms with E-state index in [9.17, 15) is 14.4 Å². The van der Waals surface area contributed by atoms with Crippen LogP contribution in [0.15, 0.2) is 34.9 Å². The summed E-state index contributed by atoms with van der Waals surface area (Å²) in [5.74, 6) is -1.74. The number of ether oxygens (including phenoxy) is 4. The van der Waals surface area contributed by atoms with Gasteiger partial charge in [0.15, 0.2) is 0 Å². The maximum Gasteiger partial charge on any atom is 0.338 e. The SMILES string of the molecule is CCOC(=O)CC1CC=CC23OC(C=C12)C(C(=O)OC)=C3C(=O)OC. The highest BCUT2D eigenvalue weighted by atomic mass is 16.6. The predicted molar refractivity (Wildman–Crippen MR) is 85.2 cm³/mol. The molecule has 0 saturated carbocycles. The van der Waals surface area contributed by atoms with E-state index in [2.05, 4.69) is 0 Å². The van der Waals surface area contributed by atoms with Gasteiger partial charge in [0, 0.05) is 0 Å². The molecule has 0 radical (unpaired) electrons. The minimum Gasteiger partial charge on any atom is -0.466 e. The van der Waals surface area contributed by atoms with E-state index in [4.69, 9.17) is 18.9 Å². The second-order valence-corrected chi connectivity index (χ2v) is 6.01. The van der Waals surface area contributed by atoms with Crippen LogP contribution in [0.25, 0.3) is 0 Å². The van der Waals surface area contributed by atoms with Gasteiger partial charge in [0.05, 0.1) is 38.4 Å². The number of rotatable bonds is 5. The zero-order valence-corrected chi connectivity index (χ0v) is 14.4. The van der Waals surface area contributed by atoms with Crippen LogP contribution in [0.5, 0.6) is 0 Å². The van der Waals surface area contributed by atoms with Crippen LogP contribution in [0.4, 0.5) is 0 Å². The van der Waals surface area contributed by atoms with Crippen LogP contribution in [0, 0.1) is 5.92 Å². The van der Waals surface area contributed by atoms with Gasteiger partial charge in [-0.1, -0.05) is 6.08 Å². The van der Waals surface area contributed by atoms with Gasteiger partial charge in [0.2, 0.25) is 0 Å². The van der Waals surface area contributed by atoms with Crippen LogP contribution < -0.4 is 0 Å². The van der Waals surface area contributed by atoms with E-state index in [1.54, 1.807) is 19.1 Å². The lowest BCUT2D eigenvalue weighted by Crippen LogP contribution is -2.39. The standard InChI is InChI=1S/C18H20O7/c1-4-24-13(19)8-10-6-5-7-18-11(10)9-12(25-18)14(16(20)22-2)15(18)17(21)23-3/h5,7,9-10,12H,4,6,8H2,1-3H3. The van der Waals surface area contributed by atoms with Gasteiger partial charge < -0.3 is 18.9 Å². The van der Waals surface area contributed by atoms with E-state index in [0.29, 0.717) is 13.0 Å². The fourth-order valence-corrected chi connectivity index (χ4v) is 3.77. The third-order valence-electron chi connectivity index (χ3n) is 4.72. The number of esters is 3. The van der Waals surface area contributed by atoms with Crippen molar-refractivity contribution in [2.45, 2.75) is 31.5 Å². The first-order chi connectivity index (χ1) is 12.0. The van der Waals surface area contributed by atoms with E-state index in [-0.39, 0.29) is 29.5 Å². The highest BCUT2D eigenvalue weighted by Crippen LogP contribution is 2.54. The van der Waals surface area contributed by atoms with Crippen molar-refractivity contribution in [1.29, 1.82) is 0 Å². The molecule has 0 aromatic heterocycles. The smallest absolute Gasteiger partial charge is 0.338 e. The molecule has 2 bridgehead atoms. The molecule has 3 atom stereocenters. The van der Waals surface area contributed by atoms with Crippen LogP contribution in [0.2, 0.25) is 0 Å². The third kappa shape index (κ3) is 2.59. The third-order valence-corrected chi connectivity index (χ3v) is 4.72. The molecule has 7 nitrogen and oxygen atoms in total. The van der Waals surface area contributed by atoms with Crippen LogP contribution in [0.1, 0.15) is 19.8 Å². The fraction of sp³-hybridized carbons (Fsp3) is 0.500. The summed E-state index contributed by atoms with van der Waals surface area (Å²) in [4.78, 5) is 36.5. The second-order valence-electron chi connectivity index (χ2n) is 6.01. The number of hydrogen-bond acceptors (Lipinski definition) is 7. The summed E-state index contributed by atoms with van der Waals surface area (Å²) < 4.78 is 20.7. The topological polar surface area (TPSA) is 88.1 Å². The summed E-state index contributed by atoms with van der Waals surface area (Å²) in [7, 11) is 2.50. The van der Waals surface area contributed by atoms with Crippen molar-refractivity contribution in [3.8, 4) is 0 Å². The molecular weight excluding hydrogens is 328 g/mol.